The third kappa shape index (κ3) is 4.78. The van der Waals surface area contributed by atoms with Crippen LogP contribution in [0.25, 0.3) is 0 Å². The summed E-state index contributed by atoms with van der Waals surface area (Å²) < 4.78 is 1.06. The summed E-state index contributed by atoms with van der Waals surface area (Å²) in [6.45, 7) is 7.86. The monoisotopic (exact) mass is 312 g/mol. The lowest BCUT2D eigenvalue weighted by Crippen LogP contribution is -2.45. The Balaban J connectivity index is 2.56. The fourth-order valence-corrected chi connectivity index (χ4v) is 1.97. The van der Waals surface area contributed by atoms with Gasteiger partial charge < -0.3 is 5.32 Å². The maximum Gasteiger partial charge on any atom is 0.237 e. The quantitative estimate of drug-likeness (QED) is 0.877. The molecule has 0 saturated carbocycles. The van der Waals surface area contributed by atoms with Crippen LogP contribution in [0.1, 0.15) is 39.3 Å². The van der Waals surface area contributed by atoms with Crippen LogP contribution in [0, 0.1) is 0 Å². The summed E-state index contributed by atoms with van der Waals surface area (Å²) in [5.41, 5.74) is 1.17. The molecule has 0 heterocycles. The molecule has 2 unspecified atom stereocenters. The highest BCUT2D eigenvalue weighted by Gasteiger charge is 2.16. The number of benzene rings is 1. The molecule has 18 heavy (non-hydrogen) atoms. The van der Waals surface area contributed by atoms with E-state index in [0.29, 0.717) is 0 Å². The first kappa shape index (κ1) is 15.2. The van der Waals surface area contributed by atoms with Gasteiger partial charge in [-0.3, -0.25) is 10.1 Å². The maximum absolute atomic E-state index is 11.8. The molecule has 4 heteroatoms. The average molecular weight is 313 g/mol. The first-order valence-electron chi connectivity index (χ1n) is 6.22. The minimum atomic E-state index is -0.203. The van der Waals surface area contributed by atoms with Gasteiger partial charge in [-0.1, -0.05) is 28.1 Å². The van der Waals surface area contributed by atoms with Crippen LogP contribution in [0.4, 0.5) is 0 Å². The number of hydrogen-bond acceptors (Lipinski definition) is 2. The van der Waals surface area contributed by atoms with Gasteiger partial charge in [0.15, 0.2) is 0 Å². The maximum atomic E-state index is 11.8. The van der Waals surface area contributed by atoms with E-state index in [-0.39, 0.29) is 24.0 Å². The average Bonchev–Trinajstić information content (AvgIpc) is 2.28. The van der Waals surface area contributed by atoms with Crippen molar-refractivity contribution in [3.8, 4) is 0 Å². The number of hydrogen-bond donors (Lipinski definition) is 2. The molecule has 3 nitrogen and oxygen atoms in total. The Morgan fingerprint density at radius 3 is 2.17 bits per heavy atom. The highest BCUT2D eigenvalue weighted by atomic mass is 79.9. The zero-order valence-corrected chi connectivity index (χ0v) is 12.9. The summed E-state index contributed by atoms with van der Waals surface area (Å²) in [7, 11) is 0. The zero-order chi connectivity index (χ0) is 13.7. The Hall–Kier alpha value is -0.870. The molecule has 0 saturated heterocycles. The minimum absolute atomic E-state index is 0.0361. The van der Waals surface area contributed by atoms with Crippen LogP contribution >= 0.6 is 15.9 Å². The Morgan fingerprint density at radius 2 is 1.67 bits per heavy atom. The molecule has 2 atom stereocenters. The third-order valence-corrected chi connectivity index (χ3v) is 3.22. The largest absolute Gasteiger partial charge is 0.353 e. The predicted molar refractivity (Wildman–Crippen MR) is 78.4 cm³/mol. The van der Waals surface area contributed by atoms with Gasteiger partial charge in [0.1, 0.15) is 0 Å². The lowest BCUT2D eigenvalue weighted by Gasteiger charge is -2.21. The summed E-state index contributed by atoms with van der Waals surface area (Å²) >= 11 is 3.41. The number of carbonyl (C=O) groups is 1. The van der Waals surface area contributed by atoms with Crippen LogP contribution in [-0.2, 0) is 4.79 Å². The molecule has 100 valence electrons. The van der Waals surface area contributed by atoms with Crippen molar-refractivity contribution in [1.29, 1.82) is 0 Å². The topological polar surface area (TPSA) is 41.1 Å². The minimum Gasteiger partial charge on any atom is -0.353 e. The first-order valence-corrected chi connectivity index (χ1v) is 7.01. The summed E-state index contributed by atoms with van der Waals surface area (Å²) in [5.74, 6) is 0.0361. The lowest BCUT2D eigenvalue weighted by atomic mass is 10.1. The van der Waals surface area contributed by atoms with Crippen molar-refractivity contribution in [3.05, 3.63) is 34.3 Å². The Bertz CT molecular complexity index is 389. The van der Waals surface area contributed by atoms with Crippen molar-refractivity contribution in [2.75, 3.05) is 0 Å². The van der Waals surface area contributed by atoms with E-state index in [1.165, 1.54) is 5.56 Å². The number of rotatable bonds is 5. The van der Waals surface area contributed by atoms with Crippen LogP contribution in [0.2, 0.25) is 0 Å². The van der Waals surface area contributed by atoms with Crippen molar-refractivity contribution in [1.82, 2.24) is 10.6 Å². The standard InChI is InChI=1S/C14H21BrN2O/c1-9(2)16-14(18)11(4)17-10(3)12-5-7-13(15)8-6-12/h5-11,17H,1-4H3,(H,16,18). The fraction of sp³-hybridized carbons (Fsp3) is 0.500. The van der Waals surface area contributed by atoms with Gasteiger partial charge in [0.25, 0.3) is 0 Å². The molecule has 1 aromatic carbocycles. The van der Waals surface area contributed by atoms with Crippen LogP contribution in [-0.4, -0.2) is 18.0 Å². The molecule has 0 fully saturated rings. The van der Waals surface area contributed by atoms with E-state index in [4.69, 9.17) is 0 Å². The highest BCUT2D eigenvalue weighted by molar-refractivity contribution is 9.10. The molecule has 1 rings (SSSR count). The van der Waals surface area contributed by atoms with Crippen molar-refractivity contribution >= 4 is 21.8 Å². The van der Waals surface area contributed by atoms with Gasteiger partial charge in [0.05, 0.1) is 6.04 Å². The van der Waals surface area contributed by atoms with Crippen molar-refractivity contribution in [3.63, 3.8) is 0 Å². The van der Waals surface area contributed by atoms with Gasteiger partial charge in [0.2, 0.25) is 5.91 Å². The predicted octanol–water partition coefficient (Wildman–Crippen LogP) is 3.01. The molecule has 0 aliphatic heterocycles. The normalized spacial score (nSPS) is 14.3. The van der Waals surface area contributed by atoms with Gasteiger partial charge in [-0.2, -0.15) is 0 Å². The number of halogens is 1. The molecule has 1 aromatic rings. The van der Waals surface area contributed by atoms with E-state index in [0.717, 1.165) is 4.47 Å². The molecule has 0 bridgehead atoms. The van der Waals surface area contributed by atoms with Gasteiger partial charge in [-0.05, 0) is 45.4 Å². The summed E-state index contributed by atoms with van der Waals surface area (Å²) in [4.78, 5) is 11.8. The highest BCUT2D eigenvalue weighted by Crippen LogP contribution is 2.16. The molecule has 0 aliphatic carbocycles. The molecular formula is C14H21BrN2O. The molecular weight excluding hydrogens is 292 g/mol. The second-order valence-electron chi connectivity index (χ2n) is 4.82. The summed E-state index contributed by atoms with van der Waals surface area (Å²) in [5, 5.41) is 6.19. The molecule has 0 aliphatic rings. The lowest BCUT2D eigenvalue weighted by molar-refractivity contribution is -0.123. The van der Waals surface area contributed by atoms with Crippen molar-refractivity contribution in [2.45, 2.75) is 45.8 Å². The van der Waals surface area contributed by atoms with Gasteiger partial charge in [-0.25, -0.2) is 0 Å². The van der Waals surface area contributed by atoms with E-state index >= 15 is 0 Å². The molecule has 2 N–H and O–H groups in total. The van der Waals surface area contributed by atoms with Crippen molar-refractivity contribution in [2.24, 2.45) is 0 Å². The smallest absolute Gasteiger partial charge is 0.237 e. The summed E-state index contributed by atoms with van der Waals surface area (Å²) in [6, 6.07) is 8.23. The van der Waals surface area contributed by atoms with Crippen LogP contribution < -0.4 is 10.6 Å². The molecule has 1 amide bonds. The van der Waals surface area contributed by atoms with E-state index < -0.39 is 0 Å². The van der Waals surface area contributed by atoms with Crippen LogP contribution in [0.5, 0.6) is 0 Å². The van der Waals surface area contributed by atoms with Crippen molar-refractivity contribution < 1.29 is 4.79 Å². The van der Waals surface area contributed by atoms with E-state index in [1.54, 1.807) is 0 Å². The number of carbonyl (C=O) groups excluding carboxylic acids is 1. The second-order valence-corrected chi connectivity index (χ2v) is 5.74. The number of amides is 1. The Kier molecular flexibility index (Phi) is 5.82. The Labute approximate surface area is 117 Å². The van der Waals surface area contributed by atoms with E-state index in [9.17, 15) is 4.79 Å². The van der Waals surface area contributed by atoms with Gasteiger partial charge in [-0.15, -0.1) is 0 Å². The SMILES string of the molecule is CC(C)NC(=O)C(C)NC(C)c1ccc(Br)cc1. The third-order valence-electron chi connectivity index (χ3n) is 2.69. The van der Waals surface area contributed by atoms with Crippen LogP contribution in [0.3, 0.4) is 0 Å². The van der Waals surface area contributed by atoms with E-state index in [2.05, 4.69) is 45.6 Å². The summed E-state index contributed by atoms with van der Waals surface area (Å²) in [6.07, 6.45) is 0. The second kappa shape index (κ2) is 6.90. The first-order chi connectivity index (χ1) is 8.40. The van der Waals surface area contributed by atoms with Crippen LogP contribution in [0.15, 0.2) is 28.7 Å². The Morgan fingerprint density at radius 1 is 1.11 bits per heavy atom. The zero-order valence-electron chi connectivity index (χ0n) is 11.3. The van der Waals surface area contributed by atoms with Gasteiger partial charge >= 0.3 is 0 Å². The molecule has 0 spiro atoms. The molecule has 0 radical (unpaired) electrons. The molecule has 0 aromatic heterocycles. The fourth-order valence-electron chi connectivity index (χ4n) is 1.71. The van der Waals surface area contributed by atoms with E-state index in [1.807, 2.05) is 32.9 Å². The van der Waals surface area contributed by atoms with Gasteiger partial charge in [0, 0.05) is 16.6 Å². The number of nitrogens with one attached hydrogen (secondary N) is 2.